The highest BCUT2D eigenvalue weighted by molar-refractivity contribution is 5.85. The molecule has 0 saturated carbocycles. The lowest BCUT2D eigenvalue weighted by molar-refractivity contribution is -0.122. The molecule has 1 saturated heterocycles. The first-order valence-corrected chi connectivity index (χ1v) is 6.54. The lowest BCUT2D eigenvalue weighted by atomic mass is 9.90. The molecule has 1 heterocycles. The van der Waals surface area contributed by atoms with E-state index in [1.807, 2.05) is 0 Å². The van der Waals surface area contributed by atoms with Crippen LogP contribution in [-0.4, -0.2) is 32.7 Å². The van der Waals surface area contributed by atoms with E-state index in [0.29, 0.717) is 5.75 Å². The molecule has 0 atom stereocenters. The van der Waals surface area contributed by atoms with Crippen molar-refractivity contribution in [2.45, 2.75) is 18.8 Å². The number of ether oxygens (including phenoxy) is 1. The van der Waals surface area contributed by atoms with Crippen LogP contribution in [0, 0.1) is 5.82 Å². The molecule has 6 heteroatoms. The van der Waals surface area contributed by atoms with Gasteiger partial charge in [0.15, 0.2) is 6.61 Å². The molecule has 0 aliphatic carbocycles. The number of benzene rings is 1. The van der Waals surface area contributed by atoms with Gasteiger partial charge in [-0.25, -0.2) is 4.39 Å². The highest BCUT2D eigenvalue weighted by Gasteiger charge is 2.18. The summed E-state index contributed by atoms with van der Waals surface area (Å²) in [6.45, 7) is 1.76. The van der Waals surface area contributed by atoms with Crippen molar-refractivity contribution < 1.29 is 13.9 Å². The molecule has 2 rings (SSSR count). The van der Waals surface area contributed by atoms with Crippen LogP contribution in [0.3, 0.4) is 0 Å². The molecule has 1 aliphatic rings. The first-order valence-electron chi connectivity index (χ1n) is 6.54. The number of halogens is 2. The van der Waals surface area contributed by atoms with Crippen molar-refractivity contribution in [3.63, 3.8) is 0 Å². The van der Waals surface area contributed by atoms with Gasteiger partial charge in [-0.2, -0.15) is 0 Å². The van der Waals surface area contributed by atoms with Gasteiger partial charge < -0.3 is 15.4 Å². The normalized spacial score (nSPS) is 15.3. The van der Waals surface area contributed by atoms with Crippen LogP contribution in [0.5, 0.6) is 5.75 Å². The number of nitrogens with one attached hydrogen (secondary N) is 2. The molecule has 20 heavy (non-hydrogen) atoms. The lowest BCUT2D eigenvalue weighted by Crippen LogP contribution is -2.27. The topological polar surface area (TPSA) is 50.4 Å². The maximum absolute atomic E-state index is 14.0. The van der Waals surface area contributed by atoms with E-state index >= 15 is 0 Å². The summed E-state index contributed by atoms with van der Waals surface area (Å²) in [6, 6.07) is 4.86. The Labute approximate surface area is 124 Å². The molecule has 0 spiro atoms. The summed E-state index contributed by atoms with van der Waals surface area (Å²) < 4.78 is 19.3. The minimum absolute atomic E-state index is 0. The fraction of sp³-hybridized carbons (Fsp3) is 0.500. The third-order valence-corrected chi connectivity index (χ3v) is 3.40. The van der Waals surface area contributed by atoms with Crippen molar-refractivity contribution in [3.8, 4) is 5.75 Å². The van der Waals surface area contributed by atoms with E-state index < -0.39 is 0 Å². The van der Waals surface area contributed by atoms with E-state index in [4.69, 9.17) is 4.74 Å². The average Bonchev–Trinajstić information content (AvgIpc) is 2.45. The van der Waals surface area contributed by atoms with Gasteiger partial charge in [-0.3, -0.25) is 4.79 Å². The SMILES string of the molecule is CNC(=O)COc1ccc(C2CCNCC2)c(F)c1.Cl. The molecule has 1 aliphatic heterocycles. The summed E-state index contributed by atoms with van der Waals surface area (Å²) in [6.07, 6.45) is 1.91. The number of hydrogen-bond acceptors (Lipinski definition) is 3. The highest BCUT2D eigenvalue weighted by Crippen LogP contribution is 2.29. The van der Waals surface area contributed by atoms with E-state index in [2.05, 4.69) is 10.6 Å². The Hall–Kier alpha value is -1.33. The fourth-order valence-corrected chi connectivity index (χ4v) is 2.28. The third-order valence-electron chi connectivity index (χ3n) is 3.40. The quantitative estimate of drug-likeness (QED) is 0.892. The Balaban J connectivity index is 0.00000200. The van der Waals surface area contributed by atoms with Crippen molar-refractivity contribution in [1.29, 1.82) is 0 Å². The second kappa shape index (κ2) is 8.07. The predicted octanol–water partition coefficient (Wildman–Crippen LogP) is 1.84. The van der Waals surface area contributed by atoms with Crippen LogP contribution >= 0.6 is 12.4 Å². The van der Waals surface area contributed by atoms with Gasteiger partial charge >= 0.3 is 0 Å². The van der Waals surface area contributed by atoms with Crippen molar-refractivity contribution in [2.24, 2.45) is 0 Å². The number of hydrogen-bond donors (Lipinski definition) is 2. The van der Waals surface area contributed by atoms with Crippen molar-refractivity contribution in [2.75, 3.05) is 26.7 Å². The number of amides is 1. The molecule has 0 unspecified atom stereocenters. The minimum atomic E-state index is -0.249. The summed E-state index contributed by atoms with van der Waals surface area (Å²) in [4.78, 5) is 11.0. The molecule has 1 aromatic rings. The molecule has 1 aromatic carbocycles. The smallest absolute Gasteiger partial charge is 0.257 e. The molecule has 0 bridgehead atoms. The van der Waals surface area contributed by atoms with E-state index in [-0.39, 0.29) is 36.7 Å². The number of rotatable bonds is 4. The Morgan fingerprint density at radius 2 is 2.15 bits per heavy atom. The Kier molecular flexibility index (Phi) is 6.75. The van der Waals surface area contributed by atoms with Gasteiger partial charge in [0.1, 0.15) is 11.6 Å². The molecule has 1 fully saturated rings. The van der Waals surface area contributed by atoms with Crippen molar-refractivity contribution >= 4 is 18.3 Å². The average molecular weight is 303 g/mol. The molecule has 2 N–H and O–H groups in total. The lowest BCUT2D eigenvalue weighted by Gasteiger charge is -2.23. The van der Waals surface area contributed by atoms with E-state index in [1.165, 1.54) is 13.1 Å². The van der Waals surface area contributed by atoms with Crippen LogP contribution in [-0.2, 0) is 4.79 Å². The largest absolute Gasteiger partial charge is 0.484 e. The standard InChI is InChI=1S/C14H19FN2O2.ClH/c1-16-14(18)9-19-11-2-3-12(13(15)8-11)10-4-6-17-7-5-10;/h2-3,8,10,17H,4-7,9H2,1H3,(H,16,18);1H. The molecular formula is C14H20ClFN2O2. The number of carbonyl (C=O) groups excluding carboxylic acids is 1. The zero-order chi connectivity index (χ0) is 13.7. The van der Waals surface area contributed by atoms with E-state index in [0.717, 1.165) is 31.5 Å². The molecule has 4 nitrogen and oxygen atoms in total. The first kappa shape index (κ1) is 16.7. The minimum Gasteiger partial charge on any atom is -0.484 e. The zero-order valence-electron chi connectivity index (χ0n) is 11.4. The summed E-state index contributed by atoms with van der Waals surface area (Å²) in [5.74, 6) is 0.178. The van der Waals surface area contributed by atoms with Gasteiger partial charge in [0.05, 0.1) is 0 Å². The number of carbonyl (C=O) groups is 1. The Morgan fingerprint density at radius 3 is 2.75 bits per heavy atom. The Morgan fingerprint density at radius 1 is 1.45 bits per heavy atom. The maximum Gasteiger partial charge on any atom is 0.257 e. The van der Waals surface area contributed by atoms with Crippen molar-refractivity contribution in [1.82, 2.24) is 10.6 Å². The predicted molar refractivity (Wildman–Crippen MR) is 78.1 cm³/mol. The van der Waals surface area contributed by atoms with E-state index in [1.54, 1.807) is 12.1 Å². The van der Waals surface area contributed by atoms with Gasteiger partial charge in [0.2, 0.25) is 0 Å². The number of likely N-dealkylation sites (N-methyl/N-ethyl adjacent to an activating group) is 1. The van der Waals surface area contributed by atoms with Crippen LogP contribution in [0.1, 0.15) is 24.3 Å². The fourth-order valence-electron chi connectivity index (χ4n) is 2.28. The van der Waals surface area contributed by atoms with E-state index in [9.17, 15) is 9.18 Å². The second-order valence-electron chi connectivity index (χ2n) is 4.67. The van der Waals surface area contributed by atoms with Gasteiger partial charge in [-0.1, -0.05) is 6.07 Å². The van der Waals surface area contributed by atoms with Crippen LogP contribution in [0.25, 0.3) is 0 Å². The third kappa shape index (κ3) is 4.35. The highest BCUT2D eigenvalue weighted by atomic mass is 35.5. The Bertz CT molecular complexity index is 451. The maximum atomic E-state index is 14.0. The molecule has 112 valence electrons. The van der Waals surface area contributed by atoms with Crippen LogP contribution < -0.4 is 15.4 Å². The van der Waals surface area contributed by atoms with Gasteiger partial charge in [0, 0.05) is 13.1 Å². The zero-order valence-corrected chi connectivity index (χ0v) is 12.3. The monoisotopic (exact) mass is 302 g/mol. The van der Waals surface area contributed by atoms with Crippen molar-refractivity contribution in [3.05, 3.63) is 29.6 Å². The molecule has 0 aromatic heterocycles. The number of piperidine rings is 1. The second-order valence-corrected chi connectivity index (χ2v) is 4.67. The molecule has 1 amide bonds. The summed E-state index contributed by atoms with van der Waals surface area (Å²) in [5.41, 5.74) is 0.744. The van der Waals surface area contributed by atoms with Gasteiger partial charge in [-0.05, 0) is 43.5 Å². The van der Waals surface area contributed by atoms with Crippen LogP contribution in [0.15, 0.2) is 18.2 Å². The van der Waals surface area contributed by atoms with Gasteiger partial charge in [0.25, 0.3) is 5.91 Å². The first-order chi connectivity index (χ1) is 9.20. The summed E-state index contributed by atoms with van der Waals surface area (Å²) >= 11 is 0. The molecule has 0 radical (unpaired) electrons. The summed E-state index contributed by atoms with van der Waals surface area (Å²) in [5, 5.41) is 5.71. The molecular weight excluding hydrogens is 283 g/mol. The summed E-state index contributed by atoms with van der Waals surface area (Å²) in [7, 11) is 1.53. The van der Waals surface area contributed by atoms with Crippen LogP contribution in [0.4, 0.5) is 4.39 Å². The van der Waals surface area contributed by atoms with Crippen LogP contribution in [0.2, 0.25) is 0 Å². The van der Waals surface area contributed by atoms with Gasteiger partial charge in [-0.15, -0.1) is 12.4 Å².